The average Bonchev–Trinajstić information content (AvgIpc) is 2.75. The monoisotopic (exact) mass is 375 g/mol. The quantitative estimate of drug-likeness (QED) is 0.736. The Morgan fingerprint density at radius 1 is 1.11 bits per heavy atom. The molecule has 0 bridgehead atoms. The van der Waals surface area contributed by atoms with Crippen molar-refractivity contribution in [2.24, 2.45) is 0 Å². The van der Waals surface area contributed by atoms with E-state index in [4.69, 9.17) is 14.0 Å². The van der Waals surface area contributed by atoms with Crippen LogP contribution in [0.1, 0.15) is 73.4 Å². The predicted molar refractivity (Wildman–Crippen MR) is 109 cm³/mol. The van der Waals surface area contributed by atoms with Crippen molar-refractivity contribution >= 4 is 18.7 Å². The number of carbonyl (C=O) groups is 1. The lowest BCUT2D eigenvalue weighted by atomic mass is 9.78. The molecule has 0 N–H and O–H groups in total. The van der Waals surface area contributed by atoms with Gasteiger partial charge in [0.05, 0.1) is 17.2 Å². The van der Waals surface area contributed by atoms with Crippen molar-refractivity contribution < 1.29 is 18.8 Å². The van der Waals surface area contributed by atoms with Gasteiger partial charge in [0.2, 0.25) is 0 Å². The van der Waals surface area contributed by atoms with E-state index in [1.54, 1.807) is 11.9 Å². The Bertz CT molecular complexity index is 648. The summed E-state index contributed by atoms with van der Waals surface area (Å²) >= 11 is 0. The highest BCUT2D eigenvalue weighted by molar-refractivity contribution is 6.62. The molecule has 0 aromatic heterocycles. The Hall–Kier alpha value is -1.53. The Morgan fingerprint density at radius 2 is 1.59 bits per heavy atom. The van der Waals surface area contributed by atoms with Crippen molar-refractivity contribution in [1.82, 2.24) is 4.90 Å². The van der Waals surface area contributed by atoms with Gasteiger partial charge in [-0.3, -0.25) is 0 Å². The van der Waals surface area contributed by atoms with Crippen LogP contribution in [0.4, 0.5) is 4.79 Å². The lowest BCUT2D eigenvalue weighted by Crippen LogP contribution is -2.41. The van der Waals surface area contributed by atoms with Crippen molar-refractivity contribution in [3.63, 3.8) is 0 Å². The molecule has 1 fully saturated rings. The second-order valence-corrected chi connectivity index (χ2v) is 9.27. The topological polar surface area (TPSA) is 48.0 Å². The van der Waals surface area contributed by atoms with Gasteiger partial charge in [-0.25, -0.2) is 4.79 Å². The second-order valence-electron chi connectivity index (χ2n) is 9.27. The number of amides is 1. The zero-order chi connectivity index (χ0) is 20.6. The molecule has 1 heterocycles. The normalized spacial score (nSPS) is 19.7. The zero-order valence-electron chi connectivity index (χ0n) is 18.3. The third-order valence-electron chi connectivity index (χ3n) is 5.38. The van der Waals surface area contributed by atoms with E-state index in [1.807, 2.05) is 72.7 Å². The van der Waals surface area contributed by atoms with Gasteiger partial charge >= 0.3 is 13.2 Å². The highest BCUT2D eigenvalue weighted by atomic mass is 16.7. The molecule has 1 aliphatic rings. The SMILES string of the molecule is CCC(c1ccc(B2OC(C)(C)C(C)(C)O2)cc1)N(C)C(=O)OC(C)(C)C. The molecule has 0 radical (unpaired) electrons. The molecule has 0 saturated carbocycles. The minimum absolute atomic E-state index is 0.0489. The van der Waals surface area contributed by atoms with Gasteiger partial charge in [-0.15, -0.1) is 0 Å². The fourth-order valence-electron chi connectivity index (χ4n) is 3.05. The smallest absolute Gasteiger partial charge is 0.444 e. The summed E-state index contributed by atoms with van der Waals surface area (Å²) in [7, 11) is 1.40. The van der Waals surface area contributed by atoms with Gasteiger partial charge < -0.3 is 18.9 Å². The van der Waals surface area contributed by atoms with Crippen LogP contribution in [0.25, 0.3) is 0 Å². The Morgan fingerprint density at radius 3 is 2.00 bits per heavy atom. The molecule has 1 unspecified atom stereocenters. The summed E-state index contributed by atoms with van der Waals surface area (Å²) in [5, 5.41) is 0. The van der Waals surface area contributed by atoms with Crippen molar-refractivity contribution in [1.29, 1.82) is 0 Å². The average molecular weight is 375 g/mol. The van der Waals surface area contributed by atoms with E-state index >= 15 is 0 Å². The molecule has 5 nitrogen and oxygen atoms in total. The first-order valence-corrected chi connectivity index (χ1v) is 9.69. The fourth-order valence-corrected chi connectivity index (χ4v) is 3.05. The third kappa shape index (κ3) is 4.85. The summed E-state index contributed by atoms with van der Waals surface area (Å²) in [6.45, 7) is 15.9. The van der Waals surface area contributed by atoms with E-state index in [0.29, 0.717) is 0 Å². The molecule has 1 aliphatic heterocycles. The number of benzene rings is 1. The summed E-state index contributed by atoms with van der Waals surface area (Å²) in [5.41, 5.74) is 0.807. The Kier molecular flexibility index (Phi) is 6.03. The van der Waals surface area contributed by atoms with Gasteiger partial charge in [0, 0.05) is 7.05 Å². The van der Waals surface area contributed by atoms with Gasteiger partial charge in [0.25, 0.3) is 0 Å². The molecule has 0 spiro atoms. The van der Waals surface area contributed by atoms with E-state index in [9.17, 15) is 4.79 Å². The molecule has 150 valence electrons. The number of ether oxygens (including phenoxy) is 1. The minimum atomic E-state index is -0.510. The van der Waals surface area contributed by atoms with Crippen LogP contribution in [0.3, 0.4) is 0 Å². The van der Waals surface area contributed by atoms with E-state index < -0.39 is 5.60 Å². The molecule has 1 amide bonds. The molecule has 27 heavy (non-hydrogen) atoms. The van der Waals surface area contributed by atoms with Crippen LogP contribution in [-0.4, -0.2) is 42.0 Å². The molecule has 0 aliphatic carbocycles. The molecule has 2 rings (SSSR count). The maximum Gasteiger partial charge on any atom is 0.494 e. The van der Waals surface area contributed by atoms with Gasteiger partial charge in [0.15, 0.2) is 0 Å². The molecular weight excluding hydrogens is 341 g/mol. The highest BCUT2D eigenvalue weighted by Gasteiger charge is 2.51. The van der Waals surface area contributed by atoms with Gasteiger partial charge in [-0.1, -0.05) is 31.2 Å². The second kappa shape index (κ2) is 7.48. The Balaban J connectivity index is 2.14. The standard InChI is InChI=1S/C21H34BNO4/c1-10-17(23(9)18(24)25-19(2,3)4)15-11-13-16(14-12-15)22-26-20(5,6)21(7,8)27-22/h11-14,17H,10H2,1-9H3. The summed E-state index contributed by atoms with van der Waals surface area (Å²) in [6, 6.07) is 8.06. The van der Waals surface area contributed by atoms with Gasteiger partial charge in [-0.05, 0) is 65.9 Å². The number of carbonyl (C=O) groups excluding carboxylic acids is 1. The first-order chi connectivity index (χ1) is 12.3. The Labute approximate surface area is 164 Å². The number of hydrogen-bond donors (Lipinski definition) is 0. The summed E-state index contributed by atoms with van der Waals surface area (Å²) in [6.07, 6.45) is 0.482. The summed E-state index contributed by atoms with van der Waals surface area (Å²) in [4.78, 5) is 14.1. The van der Waals surface area contributed by atoms with E-state index in [-0.39, 0.29) is 30.5 Å². The molecule has 1 saturated heterocycles. The van der Waals surface area contributed by atoms with Crippen molar-refractivity contribution in [3.05, 3.63) is 29.8 Å². The summed E-state index contributed by atoms with van der Waals surface area (Å²) < 4.78 is 17.7. The van der Waals surface area contributed by atoms with Crippen LogP contribution in [0.5, 0.6) is 0 Å². The van der Waals surface area contributed by atoms with E-state index in [1.165, 1.54) is 0 Å². The molecule has 6 heteroatoms. The van der Waals surface area contributed by atoms with Crippen LogP contribution >= 0.6 is 0 Å². The maximum absolute atomic E-state index is 12.4. The van der Waals surface area contributed by atoms with Gasteiger partial charge in [-0.2, -0.15) is 0 Å². The van der Waals surface area contributed by atoms with Gasteiger partial charge in [0.1, 0.15) is 5.60 Å². The summed E-state index contributed by atoms with van der Waals surface area (Å²) in [5.74, 6) is 0. The van der Waals surface area contributed by atoms with E-state index in [2.05, 4.69) is 6.92 Å². The maximum atomic E-state index is 12.4. The lowest BCUT2D eigenvalue weighted by Gasteiger charge is -2.32. The fraction of sp³-hybridized carbons (Fsp3) is 0.667. The largest absolute Gasteiger partial charge is 0.494 e. The van der Waals surface area contributed by atoms with Crippen LogP contribution in [0, 0.1) is 0 Å². The van der Waals surface area contributed by atoms with Crippen molar-refractivity contribution in [2.75, 3.05) is 7.05 Å². The van der Waals surface area contributed by atoms with Crippen LogP contribution < -0.4 is 5.46 Å². The predicted octanol–water partition coefficient (Wildman–Crippen LogP) is 4.30. The number of hydrogen-bond acceptors (Lipinski definition) is 4. The number of nitrogens with zero attached hydrogens (tertiary/aromatic N) is 1. The number of rotatable bonds is 4. The molecule has 1 aromatic carbocycles. The van der Waals surface area contributed by atoms with Crippen LogP contribution in [-0.2, 0) is 14.0 Å². The first kappa shape index (κ1) is 21.8. The zero-order valence-corrected chi connectivity index (χ0v) is 18.3. The minimum Gasteiger partial charge on any atom is -0.444 e. The first-order valence-electron chi connectivity index (χ1n) is 9.69. The molecule has 1 atom stereocenters. The highest BCUT2D eigenvalue weighted by Crippen LogP contribution is 2.36. The van der Waals surface area contributed by atoms with E-state index in [0.717, 1.165) is 17.4 Å². The van der Waals surface area contributed by atoms with Crippen LogP contribution in [0.15, 0.2) is 24.3 Å². The van der Waals surface area contributed by atoms with Crippen LogP contribution in [0.2, 0.25) is 0 Å². The molecular formula is C21H34BNO4. The van der Waals surface area contributed by atoms with Crippen molar-refractivity contribution in [2.45, 2.75) is 84.7 Å². The lowest BCUT2D eigenvalue weighted by molar-refractivity contribution is 0.00578. The molecule has 1 aromatic rings. The van der Waals surface area contributed by atoms with Crippen molar-refractivity contribution in [3.8, 4) is 0 Å². The third-order valence-corrected chi connectivity index (χ3v) is 5.38.